The fourth-order valence-electron chi connectivity index (χ4n) is 7.17. The summed E-state index contributed by atoms with van der Waals surface area (Å²) >= 11 is 0. The van der Waals surface area contributed by atoms with E-state index in [0.717, 1.165) is 48.2 Å². The van der Waals surface area contributed by atoms with Gasteiger partial charge in [-0.15, -0.1) is 0 Å². The molecule has 2 aromatic carbocycles. The fourth-order valence-corrected chi connectivity index (χ4v) is 7.17. The SMILES string of the molecule is CN1CCC2(CC1)c1cc(C#CC[C@H]3O[C@H](CO)[C@@H](O)[C@H](O)[C@@H]3O)ccc1-c1ccc(C#C[C@H]3O[C@H](CO)[C@@H](O)[C@H](O)[C@@H]3O)cc12. The van der Waals surface area contributed by atoms with Gasteiger partial charge in [0.2, 0.25) is 0 Å². The molecule has 11 nitrogen and oxygen atoms in total. The van der Waals surface area contributed by atoms with Crippen LogP contribution in [0.1, 0.15) is 41.5 Å². The van der Waals surface area contributed by atoms with Crippen molar-refractivity contribution in [3.63, 3.8) is 0 Å². The maximum atomic E-state index is 10.4. The van der Waals surface area contributed by atoms with Crippen molar-refractivity contribution in [3.8, 4) is 34.8 Å². The number of aliphatic hydroxyl groups excluding tert-OH is 8. The molecule has 8 N–H and O–H groups in total. The third-order valence-corrected chi connectivity index (χ3v) is 9.98. The van der Waals surface area contributed by atoms with Crippen molar-refractivity contribution in [2.75, 3.05) is 33.4 Å². The second-order valence-corrected chi connectivity index (χ2v) is 12.8. The molecule has 0 aromatic heterocycles. The Morgan fingerprint density at radius 1 is 0.696 bits per heavy atom. The molecule has 3 saturated heterocycles. The van der Waals surface area contributed by atoms with Gasteiger partial charge >= 0.3 is 0 Å². The van der Waals surface area contributed by atoms with Crippen molar-refractivity contribution in [2.45, 2.75) is 85.7 Å². The Labute approximate surface area is 267 Å². The number of rotatable bonds is 3. The lowest BCUT2D eigenvalue weighted by molar-refractivity contribution is -0.227. The van der Waals surface area contributed by atoms with Crippen LogP contribution in [0.5, 0.6) is 0 Å². The summed E-state index contributed by atoms with van der Waals surface area (Å²) < 4.78 is 11.2. The molecule has 2 aromatic rings. The molecule has 3 heterocycles. The zero-order chi connectivity index (χ0) is 32.7. The summed E-state index contributed by atoms with van der Waals surface area (Å²) in [6, 6.07) is 12.1. The second-order valence-electron chi connectivity index (χ2n) is 12.8. The first-order valence-corrected chi connectivity index (χ1v) is 15.7. The van der Waals surface area contributed by atoms with Gasteiger partial charge in [-0.25, -0.2) is 0 Å². The molecule has 0 radical (unpaired) electrons. The Bertz CT molecular complexity index is 1550. The molecule has 246 valence electrons. The van der Waals surface area contributed by atoms with Gasteiger partial charge in [-0.2, -0.15) is 0 Å². The number of fused-ring (bicyclic) bond motifs is 5. The van der Waals surface area contributed by atoms with Crippen molar-refractivity contribution in [3.05, 3.63) is 58.7 Å². The summed E-state index contributed by atoms with van der Waals surface area (Å²) in [6.07, 6.45) is -10.6. The number of nitrogens with zero attached hydrogens (tertiary/aromatic N) is 1. The van der Waals surface area contributed by atoms with Gasteiger partial charge in [-0.1, -0.05) is 35.8 Å². The van der Waals surface area contributed by atoms with Crippen LogP contribution < -0.4 is 0 Å². The van der Waals surface area contributed by atoms with Gasteiger partial charge in [0.15, 0.2) is 0 Å². The molecule has 11 heteroatoms. The Morgan fingerprint density at radius 3 is 1.80 bits per heavy atom. The number of hydrogen-bond donors (Lipinski definition) is 8. The number of piperidine rings is 1. The third kappa shape index (κ3) is 5.88. The lowest BCUT2D eigenvalue weighted by Gasteiger charge is -2.39. The summed E-state index contributed by atoms with van der Waals surface area (Å²) in [7, 11) is 2.10. The van der Waals surface area contributed by atoms with Crippen LogP contribution in [0, 0.1) is 23.7 Å². The fraction of sp³-hybridized carbons (Fsp3) is 0.543. The summed E-state index contributed by atoms with van der Waals surface area (Å²) in [5.41, 5.74) is 5.79. The zero-order valence-electron chi connectivity index (χ0n) is 25.5. The lowest BCUT2D eigenvalue weighted by Crippen LogP contribution is -2.58. The normalized spacial score (nSPS) is 35.0. The first kappa shape index (κ1) is 33.0. The van der Waals surface area contributed by atoms with Crippen LogP contribution in [0.2, 0.25) is 0 Å². The Morgan fingerprint density at radius 2 is 1.22 bits per heavy atom. The van der Waals surface area contributed by atoms with Gasteiger partial charge in [-0.3, -0.25) is 0 Å². The van der Waals surface area contributed by atoms with E-state index in [2.05, 4.69) is 53.8 Å². The Hall–Kier alpha value is -2.88. The highest BCUT2D eigenvalue weighted by Gasteiger charge is 2.46. The van der Waals surface area contributed by atoms with Crippen molar-refractivity contribution in [2.24, 2.45) is 0 Å². The summed E-state index contributed by atoms with van der Waals surface area (Å²) in [6.45, 7) is 0.787. The number of ether oxygens (including phenoxy) is 2. The average molecular weight is 636 g/mol. The quantitative estimate of drug-likeness (QED) is 0.183. The number of hydrogen-bond acceptors (Lipinski definition) is 11. The number of likely N-dealkylation sites (tertiary alicyclic amines) is 1. The van der Waals surface area contributed by atoms with Crippen LogP contribution in [-0.2, 0) is 14.9 Å². The standard InChI is InChI=1S/C35H41NO10/c1-36-13-11-35(12-14-36)23-15-19(3-2-4-25-29(39)33(43)31(41)27(17-37)45-25)5-8-21(23)22-9-6-20(16-24(22)35)7-10-26-30(40)34(44)32(42)28(18-38)46-26/h5-6,8-9,15-16,25-34,37-44H,4,11-14,17-18H2,1H3/t25-,26-,27-,28-,29-,30-,31-,32-,33-,34-/m1/s1. The van der Waals surface area contributed by atoms with Crippen LogP contribution in [0.4, 0.5) is 0 Å². The minimum absolute atomic E-state index is 0.102. The van der Waals surface area contributed by atoms with Crippen molar-refractivity contribution in [1.82, 2.24) is 4.90 Å². The molecule has 46 heavy (non-hydrogen) atoms. The van der Waals surface area contributed by atoms with Crippen LogP contribution in [0.15, 0.2) is 36.4 Å². The third-order valence-electron chi connectivity index (χ3n) is 9.98. The largest absolute Gasteiger partial charge is 0.394 e. The molecule has 10 atom stereocenters. The van der Waals surface area contributed by atoms with E-state index in [0.29, 0.717) is 5.56 Å². The monoisotopic (exact) mass is 635 g/mol. The van der Waals surface area contributed by atoms with Crippen molar-refractivity contribution in [1.29, 1.82) is 0 Å². The second kappa shape index (κ2) is 13.3. The predicted molar refractivity (Wildman–Crippen MR) is 165 cm³/mol. The maximum absolute atomic E-state index is 10.4. The van der Waals surface area contributed by atoms with Gasteiger partial charge < -0.3 is 55.2 Å². The highest BCUT2D eigenvalue weighted by molar-refractivity contribution is 5.82. The van der Waals surface area contributed by atoms with Gasteiger partial charge in [0.05, 0.1) is 19.3 Å². The molecule has 4 aliphatic rings. The predicted octanol–water partition coefficient (Wildman–Crippen LogP) is -1.54. The molecule has 1 spiro atoms. The first-order valence-electron chi connectivity index (χ1n) is 15.7. The number of aliphatic hydroxyl groups is 8. The molecular formula is C35H41NO10. The summed E-state index contributed by atoms with van der Waals surface area (Å²) in [5.74, 6) is 12.2. The lowest BCUT2D eigenvalue weighted by atomic mass is 9.70. The van der Waals surface area contributed by atoms with E-state index in [1.165, 1.54) is 5.56 Å². The minimum Gasteiger partial charge on any atom is -0.394 e. The van der Waals surface area contributed by atoms with Crippen molar-refractivity contribution < 1.29 is 50.3 Å². The van der Waals surface area contributed by atoms with E-state index in [-0.39, 0.29) is 11.8 Å². The van der Waals surface area contributed by atoms with E-state index in [4.69, 9.17) is 9.47 Å². The van der Waals surface area contributed by atoms with Crippen molar-refractivity contribution >= 4 is 0 Å². The average Bonchev–Trinajstić information content (AvgIpc) is 3.32. The van der Waals surface area contributed by atoms with E-state index in [1.807, 2.05) is 18.2 Å². The summed E-state index contributed by atoms with van der Waals surface area (Å²) in [5, 5.41) is 80.2. The van der Waals surface area contributed by atoms with Gasteiger partial charge in [0, 0.05) is 23.0 Å². The molecule has 3 aliphatic heterocycles. The first-order chi connectivity index (χ1) is 22.1. The molecule has 0 saturated carbocycles. The maximum Gasteiger partial charge on any atom is 0.147 e. The van der Waals surface area contributed by atoms with Gasteiger partial charge in [-0.05, 0) is 79.5 Å². The highest BCUT2D eigenvalue weighted by atomic mass is 16.5. The topological polar surface area (TPSA) is 184 Å². The van der Waals surface area contributed by atoms with Gasteiger partial charge in [0.1, 0.15) is 54.9 Å². The van der Waals surface area contributed by atoms with Crippen LogP contribution >= 0.6 is 0 Å². The highest BCUT2D eigenvalue weighted by Crippen LogP contribution is 2.54. The molecule has 6 rings (SSSR count). The van der Waals surface area contributed by atoms with Crippen LogP contribution in [0.25, 0.3) is 11.1 Å². The molecule has 0 amide bonds. The van der Waals surface area contributed by atoms with Crippen LogP contribution in [-0.4, -0.2) is 140 Å². The zero-order valence-corrected chi connectivity index (χ0v) is 25.5. The molecule has 0 bridgehead atoms. The van der Waals surface area contributed by atoms with E-state index >= 15 is 0 Å². The Balaban J connectivity index is 1.28. The van der Waals surface area contributed by atoms with E-state index in [1.54, 1.807) is 0 Å². The van der Waals surface area contributed by atoms with E-state index < -0.39 is 74.3 Å². The number of benzene rings is 2. The molecular weight excluding hydrogens is 594 g/mol. The van der Waals surface area contributed by atoms with Crippen LogP contribution in [0.3, 0.4) is 0 Å². The Kier molecular flexibility index (Phi) is 9.57. The smallest absolute Gasteiger partial charge is 0.147 e. The molecule has 1 aliphatic carbocycles. The van der Waals surface area contributed by atoms with Gasteiger partial charge in [0.25, 0.3) is 0 Å². The van der Waals surface area contributed by atoms with E-state index in [9.17, 15) is 40.9 Å². The minimum atomic E-state index is -1.49. The molecule has 3 fully saturated rings. The summed E-state index contributed by atoms with van der Waals surface area (Å²) in [4.78, 5) is 2.30. The molecule has 0 unspecified atom stereocenters.